The fourth-order valence-electron chi connectivity index (χ4n) is 1.57. The Kier molecular flexibility index (Phi) is 3.94. The first-order valence-electron chi connectivity index (χ1n) is 5.52. The van der Waals surface area contributed by atoms with Gasteiger partial charge in [0.15, 0.2) is 5.75 Å². The van der Waals surface area contributed by atoms with E-state index in [2.05, 4.69) is 10.1 Å². The lowest BCUT2D eigenvalue weighted by Gasteiger charge is -2.15. The molecule has 0 aliphatic carbocycles. The molecule has 2 rings (SSSR count). The molecule has 0 amide bonds. The van der Waals surface area contributed by atoms with Gasteiger partial charge in [0, 0.05) is 5.02 Å². The first-order valence-corrected chi connectivity index (χ1v) is 5.90. The van der Waals surface area contributed by atoms with Crippen LogP contribution in [0.2, 0.25) is 5.02 Å². The molecule has 0 aliphatic heterocycles. The second-order valence-electron chi connectivity index (χ2n) is 3.90. The molecule has 0 spiro atoms. The predicted molar refractivity (Wildman–Crippen MR) is 72.3 cm³/mol. The van der Waals surface area contributed by atoms with Crippen molar-refractivity contribution in [1.82, 2.24) is 0 Å². The van der Waals surface area contributed by atoms with Crippen LogP contribution in [-0.2, 0) is 0 Å². The van der Waals surface area contributed by atoms with Crippen LogP contribution in [0, 0.1) is 0 Å². The molecule has 0 atom stereocenters. The van der Waals surface area contributed by atoms with Gasteiger partial charge in [0.05, 0.1) is 17.1 Å². The van der Waals surface area contributed by atoms with Crippen molar-refractivity contribution >= 4 is 28.7 Å². The minimum Gasteiger partial charge on any atom is -0.404 e. The fourth-order valence-corrected chi connectivity index (χ4v) is 1.74. The van der Waals surface area contributed by atoms with Crippen LogP contribution in [-0.4, -0.2) is 6.36 Å². The Balaban J connectivity index is 2.32. The highest BCUT2D eigenvalue weighted by Crippen LogP contribution is 2.34. The molecular weight excluding hydrogens is 293 g/mol. The Labute approximate surface area is 118 Å². The molecular formula is C13H10ClF3N2O. The summed E-state index contributed by atoms with van der Waals surface area (Å²) in [7, 11) is 0. The van der Waals surface area contributed by atoms with Gasteiger partial charge in [0.25, 0.3) is 0 Å². The summed E-state index contributed by atoms with van der Waals surface area (Å²) in [6.07, 6.45) is -4.77. The lowest BCUT2D eigenvalue weighted by atomic mass is 10.2. The Bertz CT molecular complexity index is 617. The number of hydrogen-bond acceptors (Lipinski definition) is 3. The molecule has 0 radical (unpaired) electrons. The number of anilines is 3. The largest absolute Gasteiger partial charge is 0.573 e. The number of nitrogens with two attached hydrogens (primary N) is 1. The van der Waals surface area contributed by atoms with Crippen LogP contribution < -0.4 is 15.8 Å². The molecule has 7 heteroatoms. The van der Waals surface area contributed by atoms with Gasteiger partial charge in [-0.15, -0.1) is 13.2 Å². The standard InChI is InChI=1S/C13H10ClF3N2O/c14-8-5-6-9(18)11(7-8)19-10-3-1-2-4-12(10)20-13(15,16)17/h1-7,19H,18H2. The summed E-state index contributed by atoms with van der Waals surface area (Å²) in [6, 6.07) is 10.3. The van der Waals surface area contributed by atoms with Gasteiger partial charge in [-0.05, 0) is 30.3 Å². The number of benzene rings is 2. The van der Waals surface area contributed by atoms with Crippen molar-refractivity contribution in [2.24, 2.45) is 0 Å². The van der Waals surface area contributed by atoms with Crippen molar-refractivity contribution in [3.8, 4) is 5.75 Å². The van der Waals surface area contributed by atoms with Crippen molar-refractivity contribution in [2.45, 2.75) is 6.36 Å². The number of para-hydroxylation sites is 2. The van der Waals surface area contributed by atoms with Crippen molar-refractivity contribution in [2.75, 3.05) is 11.1 Å². The lowest BCUT2D eigenvalue weighted by Crippen LogP contribution is -2.17. The summed E-state index contributed by atoms with van der Waals surface area (Å²) < 4.78 is 40.9. The highest BCUT2D eigenvalue weighted by molar-refractivity contribution is 6.31. The van der Waals surface area contributed by atoms with Gasteiger partial charge in [-0.25, -0.2) is 0 Å². The van der Waals surface area contributed by atoms with E-state index >= 15 is 0 Å². The number of nitrogen functional groups attached to an aromatic ring is 1. The molecule has 106 valence electrons. The highest BCUT2D eigenvalue weighted by atomic mass is 35.5. The molecule has 0 bridgehead atoms. The average molecular weight is 303 g/mol. The summed E-state index contributed by atoms with van der Waals surface area (Å²) in [5.41, 5.74) is 6.62. The summed E-state index contributed by atoms with van der Waals surface area (Å²) in [6.45, 7) is 0. The fraction of sp³-hybridized carbons (Fsp3) is 0.0769. The van der Waals surface area contributed by atoms with Crippen LogP contribution in [0.5, 0.6) is 5.75 Å². The highest BCUT2D eigenvalue weighted by Gasteiger charge is 2.32. The van der Waals surface area contributed by atoms with Gasteiger partial charge in [-0.2, -0.15) is 0 Å². The summed E-state index contributed by atoms with van der Waals surface area (Å²) in [4.78, 5) is 0. The van der Waals surface area contributed by atoms with E-state index < -0.39 is 6.36 Å². The number of hydrogen-bond donors (Lipinski definition) is 2. The average Bonchev–Trinajstić information content (AvgIpc) is 2.34. The van der Waals surface area contributed by atoms with E-state index in [1.165, 1.54) is 24.3 Å². The Hall–Kier alpha value is -2.08. The molecule has 0 fully saturated rings. The molecule has 2 aromatic carbocycles. The minimum atomic E-state index is -4.77. The van der Waals surface area contributed by atoms with Gasteiger partial charge in [-0.1, -0.05) is 23.7 Å². The second kappa shape index (κ2) is 5.50. The molecule has 3 N–H and O–H groups in total. The zero-order chi connectivity index (χ0) is 14.8. The van der Waals surface area contributed by atoms with E-state index in [-0.39, 0.29) is 11.4 Å². The molecule has 20 heavy (non-hydrogen) atoms. The Morgan fingerprint density at radius 1 is 1.05 bits per heavy atom. The molecule has 0 saturated heterocycles. The van der Waals surface area contributed by atoms with Crippen molar-refractivity contribution in [1.29, 1.82) is 0 Å². The zero-order valence-corrected chi connectivity index (χ0v) is 10.8. The summed E-state index contributed by atoms with van der Waals surface area (Å²) in [5, 5.41) is 3.18. The van der Waals surface area contributed by atoms with E-state index in [0.717, 1.165) is 0 Å². The third-order valence-corrected chi connectivity index (χ3v) is 2.63. The Morgan fingerprint density at radius 3 is 2.45 bits per heavy atom. The van der Waals surface area contributed by atoms with Crippen LogP contribution in [0.1, 0.15) is 0 Å². The number of rotatable bonds is 3. The number of halogens is 4. The van der Waals surface area contributed by atoms with Gasteiger partial charge in [0.2, 0.25) is 0 Å². The molecule has 3 nitrogen and oxygen atoms in total. The van der Waals surface area contributed by atoms with E-state index in [4.69, 9.17) is 17.3 Å². The summed E-state index contributed by atoms with van der Waals surface area (Å²) in [5.74, 6) is -0.348. The quantitative estimate of drug-likeness (QED) is 0.817. The van der Waals surface area contributed by atoms with Crippen LogP contribution >= 0.6 is 11.6 Å². The number of alkyl halides is 3. The monoisotopic (exact) mass is 302 g/mol. The molecule has 0 unspecified atom stereocenters. The van der Waals surface area contributed by atoms with E-state index in [0.29, 0.717) is 16.4 Å². The first kappa shape index (κ1) is 14.3. The maximum atomic E-state index is 12.3. The topological polar surface area (TPSA) is 47.3 Å². The first-order chi connectivity index (χ1) is 9.35. The molecule has 2 aromatic rings. The molecule has 0 aliphatic rings. The molecule has 0 heterocycles. The van der Waals surface area contributed by atoms with Crippen LogP contribution in [0.15, 0.2) is 42.5 Å². The third kappa shape index (κ3) is 3.71. The Morgan fingerprint density at radius 2 is 1.75 bits per heavy atom. The van der Waals surface area contributed by atoms with Gasteiger partial charge >= 0.3 is 6.36 Å². The van der Waals surface area contributed by atoms with Gasteiger partial charge < -0.3 is 15.8 Å². The van der Waals surface area contributed by atoms with Crippen LogP contribution in [0.25, 0.3) is 0 Å². The lowest BCUT2D eigenvalue weighted by molar-refractivity contribution is -0.274. The van der Waals surface area contributed by atoms with Gasteiger partial charge in [-0.3, -0.25) is 0 Å². The maximum absolute atomic E-state index is 12.3. The smallest absolute Gasteiger partial charge is 0.404 e. The summed E-state index contributed by atoms with van der Waals surface area (Å²) >= 11 is 5.82. The minimum absolute atomic E-state index is 0.138. The second-order valence-corrected chi connectivity index (χ2v) is 4.34. The van der Waals surface area contributed by atoms with E-state index in [1.807, 2.05) is 0 Å². The predicted octanol–water partition coefficient (Wildman–Crippen LogP) is 4.56. The number of nitrogens with one attached hydrogen (secondary N) is 1. The normalized spacial score (nSPS) is 11.2. The van der Waals surface area contributed by atoms with Crippen LogP contribution in [0.4, 0.5) is 30.2 Å². The maximum Gasteiger partial charge on any atom is 0.573 e. The van der Waals surface area contributed by atoms with E-state index in [1.54, 1.807) is 18.2 Å². The number of ether oxygens (including phenoxy) is 1. The molecule has 0 aromatic heterocycles. The van der Waals surface area contributed by atoms with Gasteiger partial charge in [0.1, 0.15) is 0 Å². The zero-order valence-electron chi connectivity index (χ0n) is 10.0. The van der Waals surface area contributed by atoms with Crippen LogP contribution in [0.3, 0.4) is 0 Å². The van der Waals surface area contributed by atoms with E-state index in [9.17, 15) is 13.2 Å². The third-order valence-electron chi connectivity index (χ3n) is 2.40. The van der Waals surface area contributed by atoms with Crippen molar-refractivity contribution in [3.05, 3.63) is 47.5 Å². The SMILES string of the molecule is Nc1ccc(Cl)cc1Nc1ccccc1OC(F)(F)F. The molecule has 0 saturated carbocycles. The van der Waals surface area contributed by atoms with Crippen molar-refractivity contribution < 1.29 is 17.9 Å². The van der Waals surface area contributed by atoms with Crippen molar-refractivity contribution in [3.63, 3.8) is 0 Å².